The van der Waals surface area contributed by atoms with Crippen LogP contribution in [0.15, 0.2) is 12.4 Å². The highest BCUT2D eigenvalue weighted by Gasteiger charge is 2.16. The topological polar surface area (TPSA) is 186 Å². The maximum atomic E-state index is 11.8. The van der Waals surface area contributed by atoms with E-state index in [1.54, 1.807) is 10.9 Å². The first-order valence-electron chi connectivity index (χ1n) is 21.8. The number of carbonyl (C=O) groups is 3. The molecule has 0 aliphatic rings. The summed E-state index contributed by atoms with van der Waals surface area (Å²) >= 11 is 0. The summed E-state index contributed by atoms with van der Waals surface area (Å²) < 4.78 is 24.7. The quantitative estimate of drug-likeness (QED) is 0.0945. The van der Waals surface area contributed by atoms with E-state index in [4.69, 9.17) is 18.9 Å². The highest BCUT2D eigenvalue weighted by Crippen LogP contribution is 2.05. The molecule has 0 fully saturated rings. The molecule has 0 saturated heterocycles. The van der Waals surface area contributed by atoms with E-state index in [1.807, 2.05) is 61.6 Å². The molecule has 348 valence electrons. The van der Waals surface area contributed by atoms with Crippen molar-refractivity contribution in [3.63, 3.8) is 0 Å². The van der Waals surface area contributed by atoms with Gasteiger partial charge in [0.2, 0.25) is 11.8 Å². The minimum atomic E-state index is -0.251. The fourth-order valence-electron chi connectivity index (χ4n) is 4.93. The van der Waals surface area contributed by atoms with Crippen LogP contribution in [0.2, 0.25) is 0 Å². The molecule has 2 aromatic heterocycles. The first-order chi connectivity index (χ1) is 27.8. The maximum absolute atomic E-state index is 11.8. The van der Waals surface area contributed by atoms with Crippen LogP contribution in [0.3, 0.4) is 0 Å². The number of hydrogen-bond donors (Lipinski definition) is 3. The summed E-state index contributed by atoms with van der Waals surface area (Å²) in [5.74, 6) is 1.53. The van der Waals surface area contributed by atoms with Crippen molar-refractivity contribution in [3.8, 4) is 0 Å². The molecule has 3 N–H and O–H groups in total. The van der Waals surface area contributed by atoms with E-state index < -0.39 is 0 Å². The number of nitrogens with zero attached hydrogens (tertiary/aromatic N) is 6. The number of amides is 2. The van der Waals surface area contributed by atoms with Crippen LogP contribution in [0.4, 0.5) is 0 Å². The lowest BCUT2D eigenvalue weighted by Gasteiger charge is -2.20. The lowest BCUT2D eigenvalue weighted by atomic mass is 10.1. The zero-order valence-electron chi connectivity index (χ0n) is 40.2. The Labute approximate surface area is 362 Å². The minimum absolute atomic E-state index is 0.0539. The Morgan fingerprint density at radius 2 is 1.03 bits per heavy atom. The molecule has 0 aliphatic carbocycles. The fraction of sp³-hybridized carbons (Fsp3) is 0.841. The molecule has 2 heterocycles. The monoisotopic (exact) mass is 852 g/mol. The van der Waals surface area contributed by atoms with Crippen LogP contribution in [0.25, 0.3) is 0 Å². The van der Waals surface area contributed by atoms with Gasteiger partial charge in [0, 0.05) is 54.9 Å². The van der Waals surface area contributed by atoms with Crippen molar-refractivity contribution in [1.82, 2.24) is 45.9 Å². The number of ketones is 1. The zero-order valence-corrected chi connectivity index (χ0v) is 40.2. The normalized spacial score (nSPS) is 12.0. The van der Waals surface area contributed by atoms with Crippen molar-refractivity contribution in [2.24, 2.45) is 17.8 Å². The van der Waals surface area contributed by atoms with E-state index in [0.717, 1.165) is 56.6 Å². The van der Waals surface area contributed by atoms with Crippen LogP contribution in [0.1, 0.15) is 141 Å². The van der Waals surface area contributed by atoms with Gasteiger partial charge in [0.05, 0.1) is 44.9 Å². The average molecular weight is 852 g/mol. The van der Waals surface area contributed by atoms with Crippen LogP contribution in [-0.4, -0.2) is 117 Å². The van der Waals surface area contributed by atoms with Gasteiger partial charge in [-0.2, -0.15) is 0 Å². The van der Waals surface area contributed by atoms with Gasteiger partial charge in [-0.05, 0) is 99.8 Å². The van der Waals surface area contributed by atoms with Crippen LogP contribution in [-0.2, 0) is 59.4 Å². The van der Waals surface area contributed by atoms with E-state index in [2.05, 4.69) is 85.0 Å². The maximum Gasteiger partial charge on any atom is 0.242 e. The highest BCUT2D eigenvalue weighted by molar-refractivity contribution is 5.81. The van der Waals surface area contributed by atoms with E-state index in [0.29, 0.717) is 38.7 Å². The van der Waals surface area contributed by atoms with E-state index in [1.165, 1.54) is 17.5 Å². The minimum Gasteiger partial charge on any atom is -0.379 e. The van der Waals surface area contributed by atoms with Crippen molar-refractivity contribution in [1.29, 1.82) is 0 Å². The summed E-state index contributed by atoms with van der Waals surface area (Å²) in [6, 6.07) is 0. The van der Waals surface area contributed by atoms with Crippen LogP contribution in [0, 0.1) is 17.8 Å². The first-order valence-corrected chi connectivity index (χ1v) is 21.8. The Bertz CT molecular complexity index is 1420. The molecule has 0 spiro atoms. The SMILES string of the molecule is CC(C)(C)NCCc1cn(CC(=O)NC(C)(C)C)nn1.CC(C)CCCOCCOCC(=O)C(C)C.CC(C)CCCOCCOCc1cn(CC(=O)NC(C)(C)C)nn1. The number of ether oxygens (including phenoxy) is 4. The molecule has 16 nitrogen and oxygen atoms in total. The average Bonchev–Trinajstić information content (AvgIpc) is 3.73. The molecule has 2 rings (SSSR count). The Hall–Kier alpha value is -3.31. The number of nitrogens with one attached hydrogen (secondary N) is 3. The van der Waals surface area contributed by atoms with Gasteiger partial charge in [-0.25, -0.2) is 9.36 Å². The smallest absolute Gasteiger partial charge is 0.242 e. The second kappa shape index (κ2) is 30.7. The Morgan fingerprint density at radius 3 is 1.47 bits per heavy atom. The van der Waals surface area contributed by atoms with E-state index in [-0.39, 0.29) is 59.8 Å². The molecule has 0 saturated carbocycles. The first kappa shape index (κ1) is 56.7. The molecule has 0 aliphatic heterocycles. The third-order valence-electron chi connectivity index (χ3n) is 7.87. The zero-order chi connectivity index (χ0) is 45.8. The van der Waals surface area contributed by atoms with Crippen LogP contribution < -0.4 is 16.0 Å². The number of carbonyl (C=O) groups excluding carboxylic acids is 3. The van der Waals surface area contributed by atoms with Crippen molar-refractivity contribution >= 4 is 17.6 Å². The number of rotatable bonds is 26. The van der Waals surface area contributed by atoms with Gasteiger partial charge in [0.1, 0.15) is 25.4 Å². The third-order valence-corrected chi connectivity index (χ3v) is 7.87. The van der Waals surface area contributed by atoms with Crippen molar-refractivity contribution in [2.45, 2.75) is 172 Å². The van der Waals surface area contributed by atoms with Gasteiger partial charge in [-0.1, -0.05) is 52.0 Å². The molecule has 60 heavy (non-hydrogen) atoms. The second-order valence-electron chi connectivity index (χ2n) is 19.4. The molecular weight excluding hydrogens is 767 g/mol. The summed E-state index contributed by atoms with van der Waals surface area (Å²) in [5.41, 5.74) is 1.22. The molecule has 2 amide bonds. The van der Waals surface area contributed by atoms with Crippen LogP contribution >= 0.6 is 0 Å². The Morgan fingerprint density at radius 1 is 0.600 bits per heavy atom. The molecule has 0 atom stereocenters. The van der Waals surface area contributed by atoms with Gasteiger partial charge in [-0.3, -0.25) is 14.4 Å². The molecule has 0 radical (unpaired) electrons. The summed E-state index contributed by atoms with van der Waals surface area (Å²) in [5, 5.41) is 25.2. The second-order valence-corrected chi connectivity index (χ2v) is 19.4. The van der Waals surface area contributed by atoms with Crippen LogP contribution in [0.5, 0.6) is 0 Å². The van der Waals surface area contributed by atoms with E-state index >= 15 is 0 Å². The Balaban J connectivity index is 0.000000889. The molecular formula is C44H85N9O7. The summed E-state index contributed by atoms with van der Waals surface area (Å²) in [6.07, 6.45) is 8.93. The fourth-order valence-corrected chi connectivity index (χ4v) is 4.93. The van der Waals surface area contributed by atoms with Crippen molar-refractivity contribution in [2.75, 3.05) is 52.8 Å². The van der Waals surface area contributed by atoms with E-state index in [9.17, 15) is 14.4 Å². The molecule has 0 unspecified atom stereocenters. The summed E-state index contributed by atoms with van der Waals surface area (Å²) in [4.78, 5) is 34.8. The number of aromatic nitrogens is 6. The molecule has 0 bridgehead atoms. The lowest BCUT2D eigenvalue weighted by Crippen LogP contribution is -2.42. The van der Waals surface area contributed by atoms with Gasteiger partial charge in [0.25, 0.3) is 0 Å². The highest BCUT2D eigenvalue weighted by atomic mass is 16.5. The largest absolute Gasteiger partial charge is 0.379 e. The summed E-state index contributed by atoms with van der Waals surface area (Å²) in [7, 11) is 0. The van der Waals surface area contributed by atoms with Crippen molar-refractivity contribution < 1.29 is 33.3 Å². The lowest BCUT2D eigenvalue weighted by molar-refractivity contribution is -0.127. The van der Waals surface area contributed by atoms with Crippen molar-refractivity contribution in [3.05, 3.63) is 23.8 Å². The standard InChI is InChI=1S/C17H32N4O3.C14H27N5O.C13H26O3/c1-14(2)7-6-8-23-9-10-24-13-15-11-21(20-19-15)12-16(22)18-17(3,4)5;1-13(2,3)15-8-7-11-9-19(18-17-11)10-12(20)16-14(4,5)6;1-11(2)6-5-7-15-8-9-16-10-13(14)12(3)4/h11,14H,6-10,12-13H2,1-5H3,(H,18,22);9,15H,7-8,10H2,1-6H3,(H,16,20);11-12H,5-10H2,1-4H3. The van der Waals surface area contributed by atoms with Gasteiger partial charge in [0.15, 0.2) is 5.78 Å². The predicted molar refractivity (Wildman–Crippen MR) is 237 cm³/mol. The third kappa shape index (κ3) is 36.5. The van der Waals surface area contributed by atoms with Gasteiger partial charge in [-0.15, -0.1) is 10.2 Å². The van der Waals surface area contributed by atoms with Gasteiger partial charge >= 0.3 is 0 Å². The number of hydrogen-bond acceptors (Lipinski definition) is 12. The molecule has 16 heteroatoms. The Kier molecular flexibility index (Phi) is 29.0. The molecule has 0 aromatic carbocycles. The van der Waals surface area contributed by atoms with Gasteiger partial charge < -0.3 is 34.9 Å². The predicted octanol–water partition coefficient (Wildman–Crippen LogP) is 5.97. The summed E-state index contributed by atoms with van der Waals surface area (Å²) in [6.45, 7) is 36.2. The number of Topliss-reactive ketones (excluding diaryl/α,β-unsaturated/α-hetero) is 1. The molecule has 2 aromatic rings.